The van der Waals surface area contributed by atoms with Gasteiger partial charge in [0, 0.05) is 33.3 Å². The minimum absolute atomic E-state index is 0.188. The first kappa shape index (κ1) is 27.4. The van der Waals surface area contributed by atoms with Gasteiger partial charge in [0.25, 0.3) is 0 Å². The summed E-state index contributed by atoms with van der Waals surface area (Å²) in [5.41, 5.74) is 3.21. The zero-order valence-corrected chi connectivity index (χ0v) is 24.8. The normalized spacial score (nSPS) is 21.2. The Kier molecular flexibility index (Phi) is 6.40. The third-order valence-electron chi connectivity index (χ3n) is 9.35. The second-order valence-corrected chi connectivity index (χ2v) is 12.3. The lowest BCUT2D eigenvalue weighted by Crippen LogP contribution is -2.48. The molecule has 214 valence electrons. The van der Waals surface area contributed by atoms with Gasteiger partial charge in [-0.1, -0.05) is 98.3 Å². The number of ether oxygens (including phenoxy) is 1. The molecular weight excluding hydrogens is 558 g/mol. The molecular formula is C37H30ClNO4. The monoisotopic (exact) mass is 587 g/mol. The molecule has 4 aromatic rings. The predicted molar refractivity (Wildman–Crippen MR) is 169 cm³/mol. The summed E-state index contributed by atoms with van der Waals surface area (Å²) < 4.78 is 5.46. The van der Waals surface area contributed by atoms with Gasteiger partial charge >= 0.3 is 0 Å². The highest BCUT2D eigenvalue weighted by atomic mass is 35.5. The molecule has 7 rings (SSSR count). The molecule has 0 amide bonds. The lowest BCUT2D eigenvalue weighted by Gasteiger charge is -2.37. The largest absolute Gasteiger partial charge is 0.497 e. The summed E-state index contributed by atoms with van der Waals surface area (Å²) in [5, 5.41) is 0.563. The maximum Gasteiger partial charge on any atom is 0.186 e. The van der Waals surface area contributed by atoms with E-state index in [0.717, 1.165) is 22.4 Å². The van der Waals surface area contributed by atoms with Gasteiger partial charge in [0.15, 0.2) is 17.3 Å². The maximum atomic E-state index is 14.9. The lowest BCUT2D eigenvalue weighted by atomic mass is 9.64. The third kappa shape index (κ3) is 3.88. The molecule has 0 bridgehead atoms. The summed E-state index contributed by atoms with van der Waals surface area (Å²) >= 11 is 6.40. The topological polar surface area (TPSA) is 63.7 Å². The molecule has 1 saturated heterocycles. The van der Waals surface area contributed by atoms with E-state index in [2.05, 4.69) is 13.8 Å². The van der Waals surface area contributed by atoms with Gasteiger partial charge in [0.1, 0.15) is 17.2 Å². The minimum atomic E-state index is -1.55. The molecule has 3 atom stereocenters. The van der Waals surface area contributed by atoms with Crippen LogP contribution in [0.5, 0.6) is 5.75 Å². The molecule has 0 radical (unpaired) electrons. The van der Waals surface area contributed by atoms with Crippen LogP contribution >= 0.6 is 11.6 Å². The number of carbonyl (C=O) groups excluding carboxylic acids is 3. The van der Waals surface area contributed by atoms with Gasteiger partial charge in [-0.15, -0.1) is 0 Å². The van der Waals surface area contributed by atoms with Crippen LogP contribution < -0.4 is 9.64 Å². The second-order valence-electron chi connectivity index (χ2n) is 11.8. The Hall–Kier alpha value is -4.48. The summed E-state index contributed by atoms with van der Waals surface area (Å²) in [5.74, 6) is -0.597. The number of hydrogen-bond donors (Lipinski definition) is 0. The van der Waals surface area contributed by atoms with E-state index >= 15 is 0 Å². The smallest absolute Gasteiger partial charge is 0.186 e. The Balaban J connectivity index is 1.53. The Morgan fingerprint density at radius 3 is 2.23 bits per heavy atom. The fourth-order valence-electron chi connectivity index (χ4n) is 7.36. The van der Waals surface area contributed by atoms with E-state index in [-0.39, 0.29) is 17.3 Å². The highest BCUT2D eigenvalue weighted by Crippen LogP contribution is 2.61. The van der Waals surface area contributed by atoms with Crippen molar-refractivity contribution < 1.29 is 19.1 Å². The van der Waals surface area contributed by atoms with Crippen LogP contribution in [0, 0.1) is 5.41 Å². The molecule has 0 aromatic heterocycles. The van der Waals surface area contributed by atoms with Crippen molar-refractivity contribution in [3.63, 3.8) is 0 Å². The van der Waals surface area contributed by atoms with Crippen molar-refractivity contribution in [3.8, 4) is 5.75 Å². The minimum Gasteiger partial charge on any atom is -0.497 e. The molecule has 1 aliphatic carbocycles. The standard InChI is InChI=1S/C37H30ClNO4/c1-21(2)22-11-13-23(14-12-22)32-33(34(40)25-7-6-8-27(20-25)43-3)39-30-17-16-26(38)19-24(30)15-18-31(39)37(32)35(41)28-9-4-5-10-29(28)36(37)42/h4-21,31-33H,1-3H3/t31-,32-,33-/m1/s1. The third-order valence-corrected chi connectivity index (χ3v) is 9.59. The predicted octanol–water partition coefficient (Wildman–Crippen LogP) is 7.79. The van der Waals surface area contributed by atoms with Crippen LogP contribution in [-0.2, 0) is 0 Å². The zero-order valence-electron chi connectivity index (χ0n) is 24.1. The summed E-state index contributed by atoms with van der Waals surface area (Å²) in [4.78, 5) is 46.4. The van der Waals surface area contributed by atoms with Crippen LogP contribution in [-0.4, -0.2) is 36.5 Å². The van der Waals surface area contributed by atoms with Crippen LogP contribution in [0.1, 0.15) is 73.4 Å². The Labute approximate surface area is 255 Å². The van der Waals surface area contributed by atoms with Crippen LogP contribution in [0.4, 0.5) is 5.69 Å². The fourth-order valence-corrected chi connectivity index (χ4v) is 7.54. The van der Waals surface area contributed by atoms with E-state index in [1.54, 1.807) is 61.7 Å². The molecule has 2 heterocycles. The molecule has 0 saturated carbocycles. The molecule has 3 aliphatic rings. The van der Waals surface area contributed by atoms with Crippen molar-refractivity contribution in [1.29, 1.82) is 0 Å². The molecule has 0 N–H and O–H groups in total. The van der Waals surface area contributed by atoms with E-state index in [4.69, 9.17) is 16.3 Å². The van der Waals surface area contributed by atoms with Gasteiger partial charge in [-0.3, -0.25) is 14.4 Å². The van der Waals surface area contributed by atoms with E-state index in [1.165, 1.54) is 0 Å². The molecule has 1 spiro atoms. The molecule has 4 aromatic carbocycles. The number of Topliss-reactive ketones (excluding diaryl/α,β-unsaturated/α-hetero) is 3. The number of methoxy groups -OCH3 is 1. The highest BCUT2D eigenvalue weighted by Gasteiger charge is 2.71. The van der Waals surface area contributed by atoms with Gasteiger partial charge in [0.2, 0.25) is 0 Å². The van der Waals surface area contributed by atoms with Crippen molar-refractivity contribution in [2.45, 2.75) is 37.8 Å². The number of hydrogen-bond acceptors (Lipinski definition) is 5. The van der Waals surface area contributed by atoms with Crippen molar-refractivity contribution >= 4 is 40.7 Å². The average molecular weight is 588 g/mol. The van der Waals surface area contributed by atoms with Gasteiger partial charge in [-0.2, -0.15) is 0 Å². The average Bonchev–Trinajstić information content (AvgIpc) is 3.46. The number of rotatable bonds is 5. The lowest BCUT2D eigenvalue weighted by molar-refractivity contribution is 0.0666. The van der Waals surface area contributed by atoms with Gasteiger partial charge in [-0.05, 0) is 52.9 Å². The summed E-state index contributed by atoms with van der Waals surface area (Å²) in [6.45, 7) is 4.24. The zero-order chi connectivity index (χ0) is 30.0. The maximum absolute atomic E-state index is 14.9. The number of ketones is 3. The first-order chi connectivity index (χ1) is 20.8. The SMILES string of the molecule is COc1cccc(C(=O)[C@H]2[C@@H](c3ccc(C(C)C)cc3)C3(C(=O)c4ccccc4C3=O)[C@H]3C=Cc4cc(Cl)ccc4N23)c1. The summed E-state index contributed by atoms with van der Waals surface area (Å²) in [6.07, 6.45) is 3.83. The Morgan fingerprint density at radius 2 is 1.58 bits per heavy atom. The van der Waals surface area contributed by atoms with Crippen molar-refractivity contribution in [2.24, 2.45) is 5.41 Å². The number of halogens is 1. The van der Waals surface area contributed by atoms with Gasteiger partial charge < -0.3 is 9.64 Å². The first-order valence-corrected chi connectivity index (χ1v) is 14.9. The van der Waals surface area contributed by atoms with Crippen LogP contribution in [0.15, 0.2) is 97.1 Å². The van der Waals surface area contributed by atoms with Crippen molar-refractivity contribution in [2.75, 3.05) is 12.0 Å². The fraction of sp³-hybridized carbons (Fsp3) is 0.216. The van der Waals surface area contributed by atoms with Gasteiger partial charge in [0.05, 0.1) is 13.2 Å². The molecule has 5 nitrogen and oxygen atoms in total. The molecule has 1 fully saturated rings. The van der Waals surface area contributed by atoms with Crippen LogP contribution in [0.2, 0.25) is 5.02 Å². The molecule has 43 heavy (non-hydrogen) atoms. The van der Waals surface area contributed by atoms with E-state index in [0.29, 0.717) is 33.4 Å². The van der Waals surface area contributed by atoms with E-state index in [1.807, 2.05) is 53.5 Å². The molecule has 0 unspecified atom stereocenters. The summed E-state index contributed by atoms with van der Waals surface area (Å²) in [6, 6.07) is 26.1. The van der Waals surface area contributed by atoms with Crippen LogP contribution in [0.25, 0.3) is 6.08 Å². The van der Waals surface area contributed by atoms with E-state index < -0.39 is 23.4 Å². The highest BCUT2D eigenvalue weighted by molar-refractivity contribution is 6.32. The summed E-state index contributed by atoms with van der Waals surface area (Å²) in [7, 11) is 1.56. The molecule has 6 heteroatoms. The van der Waals surface area contributed by atoms with Gasteiger partial charge in [-0.25, -0.2) is 0 Å². The quantitative estimate of drug-likeness (QED) is 0.176. The first-order valence-electron chi connectivity index (χ1n) is 14.5. The number of carbonyl (C=O) groups is 3. The Morgan fingerprint density at radius 1 is 0.884 bits per heavy atom. The number of anilines is 1. The Bertz CT molecular complexity index is 1800. The van der Waals surface area contributed by atoms with Crippen LogP contribution in [0.3, 0.4) is 0 Å². The molecule has 2 aliphatic heterocycles. The van der Waals surface area contributed by atoms with Crippen molar-refractivity contribution in [1.82, 2.24) is 0 Å². The number of benzene rings is 4. The van der Waals surface area contributed by atoms with E-state index in [9.17, 15) is 14.4 Å². The number of fused-ring (bicyclic) bond motifs is 5. The number of nitrogens with zero attached hydrogens (tertiary/aromatic N) is 1. The second kappa shape index (κ2) is 10.1. The van der Waals surface area contributed by atoms with Crippen molar-refractivity contribution in [3.05, 3.63) is 135 Å².